The first-order valence-corrected chi connectivity index (χ1v) is 11.8. The van der Waals surface area contributed by atoms with Gasteiger partial charge < -0.3 is 0 Å². The van der Waals surface area contributed by atoms with Crippen LogP contribution in [0.15, 0.2) is 72.8 Å². The summed E-state index contributed by atoms with van der Waals surface area (Å²) in [6.07, 6.45) is 10.3. The van der Waals surface area contributed by atoms with Crippen LogP contribution in [0.1, 0.15) is 63.5 Å². The molecule has 4 aromatic rings. The molecule has 0 saturated carbocycles. The van der Waals surface area contributed by atoms with Gasteiger partial charge in [0, 0.05) is 0 Å². The maximum atomic E-state index is 2.40. The van der Waals surface area contributed by atoms with Gasteiger partial charge in [0.2, 0.25) is 0 Å². The quantitative estimate of drug-likeness (QED) is 0.196. The van der Waals surface area contributed by atoms with Crippen molar-refractivity contribution in [2.75, 3.05) is 0 Å². The molecule has 0 heterocycles. The summed E-state index contributed by atoms with van der Waals surface area (Å²) in [4.78, 5) is 0. The van der Waals surface area contributed by atoms with Gasteiger partial charge in [-0.3, -0.25) is 0 Å². The molecule has 0 unspecified atom stereocenters. The highest BCUT2D eigenvalue weighted by atomic mass is 14.1. The first-order valence-electron chi connectivity index (χ1n) is 11.8. The number of benzene rings is 4. The zero-order chi connectivity index (χ0) is 20.8. The largest absolute Gasteiger partial charge is 0.0654 e. The van der Waals surface area contributed by atoms with Gasteiger partial charge in [0.05, 0.1) is 0 Å². The van der Waals surface area contributed by atoms with E-state index >= 15 is 0 Å². The van der Waals surface area contributed by atoms with Crippen LogP contribution in [0.2, 0.25) is 0 Å². The van der Waals surface area contributed by atoms with Gasteiger partial charge in [0.15, 0.2) is 0 Å². The highest BCUT2D eigenvalue weighted by Crippen LogP contribution is 2.29. The summed E-state index contributed by atoms with van der Waals surface area (Å²) in [5, 5.41) is 5.36. The van der Waals surface area contributed by atoms with E-state index in [1.54, 1.807) is 0 Å². The highest BCUT2D eigenvalue weighted by Gasteiger charge is 2.04. The fourth-order valence-electron chi connectivity index (χ4n) is 4.47. The third-order valence-electron chi connectivity index (χ3n) is 6.25. The van der Waals surface area contributed by atoms with Crippen LogP contribution in [0, 0.1) is 0 Å². The Kier molecular flexibility index (Phi) is 6.84. The van der Waals surface area contributed by atoms with Gasteiger partial charge in [-0.25, -0.2) is 0 Å². The van der Waals surface area contributed by atoms with Crippen LogP contribution in [0.4, 0.5) is 0 Å². The summed E-state index contributed by atoms with van der Waals surface area (Å²) in [5.74, 6) is 0. The molecule has 0 N–H and O–H groups in total. The SMILES string of the molecule is CCCCCCCc1ccc2cc3cc(-c4ccc(CCC)cc4)ccc3cc2c1. The fraction of sp³-hybridized carbons (Fsp3) is 0.333. The van der Waals surface area contributed by atoms with Crippen LogP contribution in [0.25, 0.3) is 32.7 Å². The number of rotatable bonds is 9. The van der Waals surface area contributed by atoms with E-state index in [4.69, 9.17) is 0 Å². The molecule has 0 radical (unpaired) electrons. The van der Waals surface area contributed by atoms with Crippen LogP contribution in [-0.2, 0) is 12.8 Å². The molecule has 0 aliphatic rings. The fourth-order valence-corrected chi connectivity index (χ4v) is 4.47. The van der Waals surface area contributed by atoms with Crippen molar-refractivity contribution in [3.63, 3.8) is 0 Å². The van der Waals surface area contributed by atoms with Crippen molar-refractivity contribution in [2.24, 2.45) is 0 Å². The lowest BCUT2D eigenvalue weighted by Crippen LogP contribution is -1.87. The predicted octanol–water partition coefficient (Wildman–Crippen LogP) is 9.13. The molecule has 154 valence electrons. The molecule has 0 spiro atoms. The second-order valence-corrected chi connectivity index (χ2v) is 8.71. The third kappa shape index (κ3) is 4.93. The predicted molar refractivity (Wildman–Crippen MR) is 133 cm³/mol. The normalized spacial score (nSPS) is 11.4. The second-order valence-electron chi connectivity index (χ2n) is 8.71. The van der Waals surface area contributed by atoms with Gasteiger partial charge in [0.1, 0.15) is 0 Å². The number of unbranched alkanes of at least 4 members (excludes halogenated alkanes) is 4. The van der Waals surface area contributed by atoms with E-state index < -0.39 is 0 Å². The van der Waals surface area contributed by atoms with Crippen LogP contribution in [0.3, 0.4) is 0 Å². The average molecular weight is 395 g/mol. The van der Waals surface area contributed by atoms with Gasteiger partial charge in [-0.2, -0.15) is 0 Å². The molecule has 0 bridgehead atoms. The smallest absolute Gasteiger partial charge is 0.0171 e. The molecule has 0 aliphatic carbocycles. The zero-order valence-electron chi connectivity index (χ0n) is 18.6. The van der Waals surface area contributed by atoms with Crippen molar-refractivity contribution in [1.29, 1.82) is 0 Å². The molecule has 4 aromatic carbocycles. The van der Waals surface area contributed by atoms with Crippen LogP contribution in [-0.4, -0.2) is 0 Å². The lowest BCUT2D eigenvalue weighted by Gasteiger charge is -2.09. The third-order valence-corrected chi connectivity index (χ3v) is 6.25. The van der Waals surface area contributed by atoms with E-state index in [0.717, 1.165) is 6.42 Å². The van der Waals surface area contributed by atoms with E-state index in [2.05, 4.69) is 86.6 Å². The van der Waals surface area contributed by atoms with E-state index in [1.807, 2.05) is 0 Å². The first kappa shape index (κ1) is 20.7. The Morgan fingerprint density at radius 3 is 1.80 bits per heavy atom. The van der Waals surface area contributed by atoms with E-state index in [0.29, 0.717) is 0 Å². The number of hydrogen-bond acceptors (Lipinski definition) is 0. The summed E-state index contributed by atoms with van der Waals surface area (Å²) >= 11 is 0. The van der Waals surface area contributed by atoms with Gasteiger partial charge >= 0.3 is 0 Å². The monoisotopic (exact) mass is 394 g/mol. The molecule has 0 atom stereocenters. The molecule has 0 amide bonds. The second kappa shape index (κ2) is 9.94. The molecule has 0 nitrogen and oxygen atoms in total. The summed E-state index contributed by atoms with van der Waals surface area (Å²) in [6.45, 7) is 4.51. The Bertz CT molecular complexity index is 1100. The maximum Gasteiger partial charge on any atom is -0.0171 e. The maximum absolute atomic E-state index is 2.40. The van der Waals surface area contributed by atoms with E-state index in [9.17, 15) is 0 Å². The van der Waals surface area contributed by atoms with Crippen molar-refractivity contribution in [3.8, 4) is 11.1 Å². The number of aryl methyl sites for hydroxylation is 2. The molecular weight excluding hydrogens is 360 g/mol. The first-order chi connectivity index (χ1) is 14.8. The van der Waals surface area contributed by atoms with Crippen LogP contribution in [0.5, 0.6) is 0 Å². The van der Waals surface area contributed by atoms with Gasteiger partial charge in [0.25, 0.3) is 0 Å². The topological polar surface area (TPSA) is 0 Å². The Hall–Kier alpha value is -2.60. The van der Waals surface area contributed by atoms with E-state index in [1.165, 1.54) is 88.7 Å². The van der Waals surface area contributed by atoms with Crippen molar-refractivity contribution >= 4 is 21.5 Å². The molecule has 0 heteroatoms. The van der Waals surface area contributed by atoms with Gasteiger partial charge in [-0.05, 0) is 81.3 Å². The Labute approximate surface area is 182 Å². The van der Waals surface area contributed by atoms with Crippen molar-refractivity contribution in [1.82, 2.24) is 0 Å². The lowest BCUT2D eigenvalue weighted by atomic mass is 9.96. The zero-order valence-corrected chi connectivity index (χ0v) is 18.6. The van der Waals surface area contributed by atoms with Crippen molar-refractivity contribution < 1.29 is 0 Å². The Balaban J connectivity index is 1.55. The standard InChI is InChI=1S/C30H34/c1-3-5-6-7-8-10-24-13-16-27-22-30-20-26(17-18-28(30)21-29(27)19-24)25-14-11-23(9-4-2)12-15-25/h11-22H,3-10H2,1-2H3. The molecule has 0 saturated heterocycles. The summed E-state index contributed by atoms with van der Waals surface area (Å²) < 4.78 is 0. The van der Waals surface area contributed by atoms with Crippen LogP contribution < -0.4 is 0 Å². The number of hydrogen-bond donors (Lipinski definition) is 0. The average Bonchev–Trinajstić information content (AvgIpc) is 2.78. The molecule has 30 heavy (non-hydrogen) atoms. The summed E-state index contributed by atoms with van der Waals surface area (Å²) in [6, 6.07) is 27.7. The van der Waals surface area contributed by atoms with Gasteiger partial charge in [-0.1, -0.05) is 101 Å². The summed E-state index contributed by atoms with van der Waals surface area (Å²) in [7, 11) is 0. The minimum Gasteiger partial charge on any atom is -0.0654 e. The van der Waals surface area contributed by atoms with Gasteiger partial charge in [-0.15, -0.1) is 0 Å². The Morgan fingerprint density at radius 1 is 0.433 bits per heavy atom. The Morgan fingerprint density at radius 2 is 1.07 bits per heavy atom. The van der Waals surface area contributed by atoms with Crippen LogP contribution >= 0.6 is 0 Å². The van der Waals surface area contributed by atoms with Crippen molar-refractivity contribution in [3.05, 3.63) is 83.9 Å². The molecule has 0 aliphatic heterocycles. The number of fused-ring (bicyclic) bond motifs is 2. The minimum absolute atomic E-state index is 1.16. The minimum atomic E-state index is 1.16. The molecule has 0 fully saturated rings. The molecule has 4 rings (SSSR count). The molecular formula is C30H34. The van der Waals surface area contributed by atoms with E-state index in [-0.39, 0.29) is 0 Å². The highest BCUT2D eigenvalue weighted by molar-refractivity contribution is 5.99. The molecule has 0 aromatic heterocycles. The van der Waals surface area contributed by atoms with Crippen molar-refractivity contribution in [2.45, 2.75) is 65.2 Å². The summed E-state index contributed by atoms with van der Waals surface area (Å²) in [5.41, 5.74) is 5.50. The lowest BCUT2D eigenvalue weighted by molar-refractivity contribution is 0.632.